The van der Waals surface area contributed by atoms with E-state index in [9.17, 15) is 15.1 Å². The molecule has 4 heterocycles. The molecule has 2 aliphatic heterocycles. The van der Waals surface area contributed by atoms with Crippen molar-refractivity contribution in [2.24, 2.45) is 0 Å². The van der Waals surface area contributed by atoms with Crippen molar-refractivity contribution < 1.29 is 24.6 Å². The fourth-order valence-corrected chi connectivity index (χ4v) is 4.18. The van der Waals surface area contributed by atoms with Crippen molar-refractivity contribution in [2.75, 3.05) is 19.9 Å². The van der Waals surface area contributed by atoms with Crippen molar-refractivity contribution in [3.05, 3.63) is 47.9 Å². The highest BCUT2D eigenvalue weighted by Gasteiger charge is 2.31. The maximum Gasteiger partial charge on any atom is 0.407 e. The number of imidazole rings is 1. The molecule has 2 N–H and O–H groups in total. The number of rotatable bonds is 3. The lowest BCUT2D eigenvalue weighted by Crippen LogP contribution is -2.37. The minimum atomic E-state index is -0.920. The summed E-state index contributed by atoms with van der Waals surface area (Å²) in [4.78, 5) is 22.0. The minimum absolute atomic E-state index is 0.0630. The Morgan fingerprint density at radius 3 is 2.61 bits per heavy atom. The lowest BCUT2D eigenvalue weighted by Gasteiger charge is -2.29. The molecule has 1 fully saturated rings. The van der Waals surface area contributed by atoms with E-state index in [0.29, 0.717) is 60.3 Å². The summed E-state index contributed by atoms with van der Waals surface area (Å²) in [6.07, 6.45) is 0.257. The molecule has 0 unspecified atom stereocenters. The molecule has 2 aromatic heterocycles. The van der Waals surface area contributed by atoms with Crippen LogP contribution in [0, 0.1) is 6.92 Å². The van der Waals surface area contributed by atoms with Crippen molar-refractivity contribution in [2.45, 2.75) is 25.7 Å². The number of carboxylic acid groups (broad SMARTS) is 1. The third-order valence-electron chi connectivity index (χ3n) is 5.79. The third kappa shape index (κ3) is 3.41. The van der Waals surface area contributed by atoms with E-state index >= 15 is 0 Å². The van der Waals surface area contributed by atoms with Gasteiger partial charge in [-0.05, 0) is 50.1 Å². The number of hydrogen-bond acceptors (Lipinski definition) is 6. The van der Waals surface area contributed by atoms with E-state index < -0.39 is 6.09 Å². The number of hydrogen-bond donors (Lipinski definition) is 2. The smallest absolute Gasteiger partial charge is 0.407 e. The molecule has 0 spiro atoms. The Balaban J connectivity index is 1.60. The van der Waals surface area contributed by atoms with E-state index in [4.69, 9.17) is 14.5 Å². The first kappa shape index (κ1) is 19.2. The number of carbonyl (C=O) groups is 1. The molecule has 31 heavy (non-hydrogen) atoms. The number of nitrogens with zero attached hydrogens (tertiary/aromatic N) is 4. The zero-order valence-electron chi connectivity index (χ0n) is 17.0. The number of amides is 1. The molecular weight excluding hydrogens is 400 g/mol. The predicted octanol–water partition coefficient (Wildman–Crippen LogP) is 3.74. The average Bonchev–Trinajstić information content (AvgIpc) is 3.37. The zero-order chi connectivity index (χ0) is 21.5. The van der Waals surface area contributed by atoms with Crippen LogP contribution >= 0.6 is 0 Å². The van der Waals surface area contributed by atoms with E-state index in [-0.39, 0.29) is 12.7 Å². The van der Waals surface area contributed by atoms with Gasteiger partial charge in [0, 0.05) is 30.3 Å². The van der Waals surface area contributed by atoms with Crippen molar-refractivity contribution in [1.29, 1.82) is 0 Å². The van der Waals surface area contributed by atoms with Gasteiger partial charge in [0.25, 0.3) is 0 Å². The van der Waals surface area contributed by atoms with E-state index in [1.165, 1.54) is 4.90 Å². The van der Waals surface area contributed by atoms with Crippen LogP contribution in [0.3, 0.4) is 0 Å². The van der Waals surface area contributed by atoms with Gasteiger partial charge in [0.2, 0.25) is 6.79 Å². The number of likely N-dealkylation sites (tertiary alicyclic amines) is 1. The Morgan fingerprint density at radius 2 is 1.87 bits per heavy atom. The highest BCUT2D eigenvalue weighted by molar-refractivity contribution is 5.78. The molecule has 9 nitrogen and oxygen atoms in total. The van der Waals surface area contributed by atoms with Gasteiger partial charge in [-0.15, -0.1) is 0 Å². The van der Waals surface area contributed by atoms with Gasteiger partial charge < -0.3 is 24.7 Å². The quantitative estimate of drug-likeness (QED) is 0.619. The fraction of sp³-hybridized carbons (Fsp3) is 0.318. The molecular formula is C22H22N4O5. The molecule has 1 saturated heterocycles. The number of aryl methyl sites for hydroxylation is 1. The van der Waals surface area contributed by atoms with Crippen LogP contribution in [0.2, 0.25) is 0 Å². The van der Waals surface area contributed by atoms with Crippen molar-refractivity contribution >= 4 is 6.09 Å². The summed E-state index contributed by atoms with van der Waals surface area (Å²) in [6.45, 7) is 2.88. The molecule has 0 atom stereocenters. The maximum absolute atomic E-state index is 11.2. The third-order valence-corrected chi connectivity index (χ3v) is 5.79. The topological polar surface area (TPSA) is 110 Å². The van der Waals surface area contributed by atoms with Crippen LogP contribution in [-0.4, -0.2) is 55.9 Å². The molecule has 2 aliphatic rings. The molecule has 1 aromatic carbocycles. The summed E-state index contributed by atoms with van der Waals surface area (Å²) in [5.74, 6) is 1.71. The maximum atomic E-state index is 11.2. The van der Waals surface area contributed by atoms with Crippen molar-refractivity contribution in [3.8, 4) is 34.1 Å². The van der Waals surface area contributed by atoms with E-state index in [0.717, 1.165) is 16.0 Å². The monoisotopic (exact) mass is 422 g/mol. The summed E-state index contributed by atoms with van der Waals surface area (Å²) < 4.78 is 12.0. The van der Waals surface area contributed by atoms with Gasteiger partial charge in [0.1, 0.15) is 17.2 Å². The second kappa shape index (κ2) is 7.50. The molecule has 160 valence electrons. The van der Waals surface area contributed by atoms with Gasteiger partial charge in [-0.3, -0.25) is 4.98 Å². The first-order valence-electron chi connectivity index (χ1n) is 10.1. The molecule has 5 rings (SSSR count). The Morgan fingerprint density at radius 1 is 1.10 bits per heavy atom. The lowest BCUT2D eigenvalue weighted by atomic mass is 9.96. The highest BCUT2D eigenvalue weighted by atomic mass is 16.7. The highest BCUT2D eigenvalue weighted by Crippen LogP contribution is 2.40. The summed E-state index contributed by atoms with van der Waals surface area (Å²) in [6, 6.07) is 11.2. The molecule has 9 heteroatoms. The van der Waals surface area contributed by atoms with E-state index in [2.05, 4.69) is 4.98 Å². The molecule has 1 amide bonds. The normalized spacial score (nSPS) is 16.0. The van der Waals surface area contributed by atoms with E-state index in [1.54, 1.807) is 0 Å². The van der Waals surface area contributed by atoms with Gasteiger partial charge in [-0.1, -0.05) is 6.07 Å². The number of piperidine rings is 1. The SMILES string of the molecule is Cc1cccc(-c2nc(C3CCN(C(=O)O)CC3)n(O)c2-c2ccc3c(c2)OCO3)n1. The lowest BCUT2D eigenvalue weighted by molar-refractivity contribution is 0.125. The molecule has 0 aliphatic carbocycles. The molecule has 0 radical (unpaired) electrons. The van der Waals surface area contributed by atoms with Crippen molar-refractivity contribution in [3.63, 3.8) is 0 Å². The number of fused-ring (bicyclic) bond motifs is 1. The van der Waals surface area contributed by atoms with Crippen molar-refractivity contribution in [1.82, 2.24) is 19.6 Å². The minimum Gasteiger partial charge on any atom is -0.465 e. The molecule has 0 bridgehead atoms. The second-order valence-electron chi connectivity index (χ2n) is 7.76. The first-order chi connectivity index (χ1) is 15.0. The fourth-order valence-electron chi connectivity index (χ4n) is 4.18. The van der Waals surface area contributed by atoms with Crippen LogP contribution in [0.4, 0.5) is 4.79 Å². The number of benzene rings is 1. The van der Waals surface area contributed by atoms with Crippen LogP contribution in [0.15, 0.2) is 36.4 Å². The Hall–Kier alpha value is -3.75. The number of pyridine rings is 1. The van der Waals surface area contributed by atoms with Crippen LogP contribution in [0.25, 0.3) is 22.6 Å². The Bertz CT molecular complexity index is 1150. The first-order valence-corrected chi connectivity index (χ1v) is 10.1. The Kier molecular flexibility index (Phi) is 4.65. The van der Waals surface area contributed by atoms with Crippen LogP contribution in [0.5, 0.6) is 11.5 Å². The molecule has 0 saturated carbocycles. The largest absolute Gasteiger partial charge is 0.465 e. The number of ether oxygens (including phenoxy) is 2. The summed E-state index contributed by atoms with van der Waals surface area (Å²) >= 11 is 0. The zero-order valence-corrected chi connectivity index (χ0v) is 17.0. The predicted molar refractivity (Wildman–Crippen MR) is 111 cm³/mol. The number of aromatic nitrogens is 3. The summed E-state index contributed by atoms with van der Waals surface area (Å²) in [7, 11) is 0. The Labute approximate surface area is 178 Å². The van der Waals surface area contributed by atoms with Crippen LogP contribution < -0.4 is 9.47 Å². The standard InChI is InChI=1S/C22H22N4O5/c1-13-3-2-4-16(23-13)19-20(15-5-6-17-18(11-15)31-12-30-17)26(29)21(24-19)14-7-9-25(10-8-14)22(27)28/h2-6,11,14,29H,7-10,12H2,1H3,(H,27,28). The van der Waals surface area contributed by atoms with Crippen LogP contribution in [0.1, 0.15) is 30.3 Å². The van der Waals surface area contributed by atoms with Crippen LogP contribution in [-0.2, 0) is 0 Å². The van der Waals surface area contributed by atoms with Gasteiger partial charge in [0.15, 0.2) is 11.5 Å². The van der Waals surface area contributed by atoms with Gasteiger partial charge in [-0.2, -0.15) is 4.73 Å². The van der Waals surface area contributed by atoms with Gasteiger partial charge in [0.05, 0.1) is 5.69 Å². The van der Waals surface area contributed by atoms with Gasteiger partial charge in [-0.25, -0.2) is 9.78 Å². The second-order valence-corrected chi connectivity index (χ2v) is 7.76. The summed E-state index contributed by atoms with van der Waals surface area (Å²) in [5.41, 5.74) is 3.32. The van der Waals surface area contributed by atoms with Gasteiger partial charge >= 0.3 is 6.09 Å². The summed E-state index contributed by atoms with van der Waals surface area (Å²) in [5, 5.41) is 20.4. The average molecular weight is 422 g/mol. The van der Waals surface area contributed by atoms with E-state index in [1.807, 2.05) is 43.3 Å². The molecule has 3 aromatic rings.